The van der Waals surface area contributed by atoms with E-state index in [1.165, 1.54) is 24.3 Å². The number of carbonyl (C=O) groups excluding carboxylic acids is 3. The molecule has 3 atom stereocenters. The molecule has 202 valence electrons. The van der Waals surface area contributed by atoms with Crippen LogP contribution in [0.25, 0.3) is 6.08 Å². The normalized spacial score (nSPS) is 21.5. The molecule has 1 saturated heterocycles. The third kappa shape index (κ3) is 3.50. The average molecular weight is 564 g/mol. The van der Waals surface area contributed by atoms with E-state index in [4.69, 9.17) is 16.3 Å². The number of rotatable bonds is 4. The number of Topliss-reactive ketones (excluding diaryl/α,β-unsaturated/α-hetero) is 3. The predicted octanol–water partition coefficient (Wildman–Crippen LogP) is 6.80. The van der Waals surface area contributed by atoms with E-state index >= 15 is 0 Å². The molecule has 7 rings (SSSR count). The molecule has 0 saturated carbocycles. The van der Waals surface area contributed by atoms with Crippen LogP contribution in [-0.2, 0) is 0 Å². The van der Waals surface area contributed by atoms with E-state index in [2.05, 4.69) is 0 Å². The largest absolute Gasteiger partial charge is 0.497 e. The third-order valence-corrected chi connectivity index (χ3v) is 8.87. The van der Waals surface area contributed by atoms with Crippen LogP contribution in [0.5, 0.6) is 5.75 Å². The predicted molar refractivity (Wildman–Crippen MR) is 155 cm³/mol. The van der Waals surface area contributed by atoms with Gasteiger partial charge in [0.25, 0.3) is 0 Å². The number of ether oxygens (including phenoxy) is 1. The zero-order valence-electron chi connectivity index (χ0n) is 21.9. The van der Waals surface area contributed by atoms with Crippen molar-refractivity contribution in [2.45, 2.75) is 18.0 Å². The second kappa shape index (κ2) is 9.25. The van der Waals surface area contributed by atoms with Gasteiger partial charge in [0.1, 0.15) is 23.0 Å². The Kier molecular flexibility index (Phi) is 5.73. The molecule has 2 aliphatic heterocycles. The summed E-state index contributed by atoms with van der Waals surface area (Å²) in [6.07, 6.45) is 3.71. The van der Waals surface area contributed by atoms with Crippen LogP contribution >= 0.6 is 11.6 Å². The van der Waals surface area contributed by atoms with Gasteiger partial charge in [-0.2, -0.15) is 0 Å². The number of fused-ring (bicyclic) bond motifs is 5. The number of benzene rings is 4. The summed E-state index contributed by atoms with van der Waals surface area (Å²) in [4.78, 5) is 45.7. The van der Waals surface area contributed by atoms with Crippen molar-refractivity contribution in [1.29, 1.82) is 0 Å². The molecule has 0 N–H and O–H groups in total. The first kappa shape index (κ1) is 25.4. The molecule has 2 heterocycles. The van der Waals surface area contributed by atoms with E-state index in [1.807, 2.05) is 35.3 Å². The minimum atomic E-state index is -1.62. The van der Waals surface area contributed by atoms with Crippen molar-refractivity contribution < 1.29 is 23.5 Å². The fourth-order valence-electron chi connectivity index (χ4n) is 6.92. The highest BCUT2D eigenvalue weighted by atomic mass is 35.5. The molecule has 7 heteroatoms. The van der Waals surface area contributed by atoms with Crippen LogP contribution in [0.2, 0.25) is 5.02 Å². The fraction of sp³-hybridized carbons (Fsp3) is 0.147. The number of carbonyl (C=O) groups is 3. The van der Waals surface area contributed by atoms with E-state index < -0.39 is 29.2 Å². The van der Waals surface area contributed by atoms with Gasteiger partial charge in [-0.25, -0.2) is 4.39 Å². The summed E-state index contributed by atoms with van der Waals surface area (Å²) in [5.74, 6) is -1.68. The Labute approximate surface area is 240 Å². The molecule has 41 heavy (non-hydrogen) atoms. The monoisotopic (exact) mass is 563 g/mol. The van der Waals surface area contributed by atoms with Crippen LogP contribution in [0.15, 0.2) is 97.1 Å². The number of ketones is 3. The Morgan fingerprint density at radius 2 is 1.56 bits per heavy atom. The summed E-state index contributed by atoms with van der Waals surface area (Å²) >= 11 is 6.34. The molecule has 0 radical (unpaired) electrons. The van der Waals surface area contributed by atoms with E-state index in [9.17, 15) is 18.8 Å². The number of methoxy groups -OCH3 is 1. The van der Waals surface area contributed by atoms with Crippen molar-refractivity contribution in [3.05, 3.63) is 136 Å². The van der Waals surface area contributed by atoms with Gasteiger partial charge in [-0.15, -0.1) is 0 Å². The second-order valence-electron chi connectivity index (χ2n) is 10.6. The standard InChI is InChI=1S/C34H23ClFNO4/c1-41-24-14-8-19(9-15-24)29-30(31(38)20-6-12-23(36)13-7-20)37-27-16-11-22(35)18-21(27)10-17-28(37)34(29)32(39)25-4-2-3-5-26(25)33(34)40/h2-18,28-30H,1H3/t28-,29+,30-/m1/s1. The van der Waals surface area contributed by atoms with Gasteiger partial charge in [-0.3, -0.25) is 14.4 Å². The van der Waals surface area contributed by atoms with Crippen molar-refractivity contribution in [3.8, 4) is 5.75 Å². The van der Waals surface area contributed by atoms with Gasteiger partial charge < -0.3 is 9.64 Å². The van der Waals surface area contributed by atoms with Crippen molar-refractivity contribution in [2.24, 2.45) is 5.41 Å². The highest BCUT2D eigenvalue weighted by Crippen LogP contribution is 2.61. The quantitative estimate of drug-likeness (QED) is 0.202. The van der Waals surface area contributed by atoms with Gasteiger partial charge in [-0.05, 0) is 65.7 Å². The first-order chi connectivity index (χ1) is 19.9. The number of anilines is 1. The first-order valence-corrected chi connectivity index (χ1v) is 13.6. The molecule has 4 aromatic carbocycles. The first-order valence-electron chi connectivity index (χ1n) is 13.2. The van der Waals surface area contributed by atoms with Gasteiger partial charge in [0.05, 0.1) is 13.2 Å². The molecule has 4 aromatic rings. The Morgan fingerprint density at radius 3 is 2.20 bits per heavy atom. The molecule has 0 unspecified atom stereocenters. The minimum Gasteiger partial charge on any atom is -0.497 e. The summed E-state index contributed by atoms with van der Waals surface area (Å²) in [6, 6.07) is 23.0. The lowest BCUT2D eigenvalue weighted by atomic mass is 9.64. The summed E-state index contributed by atoms with van der Waals surface area (Å²) in [6.45, 7) is 0. The topological polar surface area (TPSA) is 63.7 Å². The van der Waals surface area contributed by atoms with Crippen LogP contribution in [0.4, 0.5) is 10.1 Å². The lowest BCUT2D eigenvalue weighted by Gasteiger charge is -2.37. The van der Waals surface area contributed by atoms with Crippen LogP contribution in [0, 0.1) is 11.2 Å². The van der Waals surface area contributed by atoms with Crippen molar-refractivity contribution in [3.63, 3.8) is 0 Å². The maximum absolute atomic E-state index is 14.6. The van der Waals surface area contributed by atoms with Crippen LogP contribution in [0.3, 0.4) is 0 Å². The number of hydrogen-bond acceptors (Lipinski definition) is 5. The van der Waals surface area contributed by atoms with Crippen molar-refractivity contribution in [1.82, 2.24) is 0 Å². The van der Waals surface area contributed by atoms with Crippen molar-refractivity contribution in [2.75, 3.05) is 12.0 Å². The van der Waals surface area contributed by atoms with E-state index in [0.29, 0.717) is 33.1 Å². The summed E-state index contributed by atoms with van der Waals surface area (Å²) < 4.78 is 19.3. The van der Waals surface area contributed by atoms with E-state index in [-0.39, 0.29) is 22.9 Å². The van der Waals surface area contributed by atoms with Gasteiger partial charge >= 0.3 is 0 Å². The Balaban J connectivity index is 1.54. The van der Waals surface area contributed by atoms with Gasteiger partial charge in [0, 0.05) is 33.3 Å². The molecule has 0 amide bonds. The zero-order valence-corrected chi connectivity index (χ0v) is 22.6. The Hall–Kier alpha value is -4.55. The number of nitrogens with zero attached hydrogens (tertiary/aromatic N) is 1. The maximum atomic E-state index is 14.6. The second-order valence-corrected chi connectivity index (χ2v) is 11.0. The zero-order chi connectivity index (χ0) is 28.5. The fourth-order valence-corrected chi connectivity index (χ4v) is 7.10. The smallest absolute Gasteiger partial charge is 0.185 e. The molecular formula is C34H23ClFNO4. The molecule has 0 aromatic heterocycles. The SMILES string of the molecule is COc1ccc([C@H]2[C@H](C(=O)c3ccc(F)cc3)N3c4ccc(Cl)cc4C=C[C@@H]3C23C(=O)c2ccccc2C3=O)cc1. The summed E-state index contributed by atoms with van der Waals surface area (Å²) in [7, 11) is 1.56. The lowest BCUT2D eigenvalue weighted by molar-refractivity contribution is 0.0666. The molecule has 1 spiro atoms. The molecule has 5 nitrogen and oxygen atoms in total. The number of halogens is 2. The maximum Gasteiger partial charge on any atom is 0.185 e. The van der Waals surface area contributed by atoms with Crippen LogP contribution in [0.1, 0.15) is 48.1 Å². The molecule has 3 aliphatic rings. The van der Waals surface area contributed by atoms with Gasteiger partial charge in [-0.1, -0.05) is 60.2 Å². The molecule has 1 fully saturated rings. The Bertz CT molecular complexity index is 1740. The summed E-state index contributed by atoms with van der Waals surface area (Å²) in [5.41, 5.74) is 1.47. The highest BCUT2D eigenvalue weighted by molar-refractivity contribution is 6.32. The summed E-state index contributed by atoms with van der Waals surface area (Å²) in [5, 5.41) is 0.523. The van der Waals surface area contributed by atoms with Gasteiger partial charge in [0.15, 0.2) is 17.3 Å². The van der Waals surface area contributed by atoms with Crippen LogP contribution < -0.4 is 9.64 Å². The van der Waals surface area contributed by atoms with Crippen molar-refractivity contribution >= 4 is 40.7 Å². The van der Waals surface area contributed by atoms with E-state index in [0.717, 1.165) is 5.56 Å². The lowest BCUT2D eigenvalue weighted by Crippen LogP contribution is -2.48. The minimum absolute atomic E-state index is 0.284. The van der Waals surface area contributed by atoms with Crippen LogP contribution in [-0.4, -0.2) is 36.5 Å². The molecular weight excluding hydrogens is 541 g/mol. The highest BCUT2D eigenvalue weighted by Gasteiger charge is 2.71. The third-order valence-electron chi connectivity index (χ3n) is 8.64. The van der Waals surface area contributed by atoms with Gasteiger partial charge in [0.2, 0.25) is 0 Å². The number of hydrogen-bond donors (Lipinski definition) is 0. The average Bonchev–Trinajstić information content (AvgIpc) is 3.43. The van der Waals surface area contributed by atoms with E-state index in [1.54, 1.807) is 55.6 Å². The Morgan fingerprint density at radius 1 is 0.902 bits per heavy atom. The molecule has 1 aliphatic carbocycles. The molecule has 0 bridgehead atoms.